The van der Waals surface area contributed by atoms with Gasteiger partial charge in [0, 0.05) is 13.3 Å². The second kappa shape index (κ2) is 2.27. The Morgan fingerprint density at radius 2 is 2.36 bits per heavy atom. The third-order valence-corrected chi connectivity index (χ3v) is 3.03. The van der Waals surface area contributed by atoms with Gasteiger partial charge in [-0.1, -0.05) is 0 Å². The Hall–Kier alpha value is -1.12. The van der Waals surface area contributed by atoms with Gasteiger partial charge in [-0.3, -0.25) is 4.79 Å². The minimum atomic E-state index is -1.10. The number of epoxide rings is 1. The third-order valence-electron chi connectivity index (χ3n) is 3.03. The molecule has 0 amide bonds. The molecule has 0 radical (unpaired) electrons. The highest BCUT2D eigenvalue weighted by Gasteiger charge is 2.72. The minimum absolute atomic E-state index is 0.0345. The van der Waals surface area contributed by atoms with Gasteiger partial charge >= 0.3 is 5.97 Å². The zero-order valence-electron chi connectivity index (χ0n) is 7.60. The van der Waals surface area contributed by atoms with Crippen LogP contribution in [0.15, 0.2) is 0 Å². The van der Waals surface area contributed by atoms with Gasteiger partial charge in [0.05, 0.1) is 6.10 Å². The lowest BCUT2D eigenvalue weighted by Gasteiger charge is -2.25. The first-order chi connectivity index (χ1) is 6.66. The Kier molecular flexibility index (Phi) is 1.33. The second-order valence-corrected chi connectivity index (χ2v) is 3.96. The Labute approximate surface area is 80.5 Å². The van der Waals surface area contributed by atoms with E-state index in [9.17, 15) is 4.79 Å². The Morgan fingerprint density at radius 1 is 1.57 bits per heavy atom. The van der Waals surface area contributed by atoms with Crippen LogP contribution in [0.3, 0.4) is 0 Å². The lowest BCUT2D eigenvalue weighted by atomic mass is 9.86. The maximum Gasteiger partial charge on any atom is 0.304 e. The first-order valence-corrected chi connectivity index (χ1v) is 4.58. The standard InChI is InChI=1S/C9H9NO4/c1-4(11)14-9(3-10)2-5-6-7(13-6)8(9)12-5/h5-8H,2H2,1H3. The van der Waals surface area contributed by atoms with Gasteiger partial charge in [0.25, 0.3) is 0 Å². The summed E-state index contributed by atoms with van der Waals surface area (Å²) in [5, 5.41) is 9.06. The molecule has 5 heteroatoms. The summed E-state index contributed by atoms with van der Waals surface area (Å²) in [6.45, 7) is 1.30. The summed E-state index contributed by atoms with van der Waals surface area (Å²) in [6.07, 6.45) is 0.0923. The third kappa shape index (κ3) is 0.825. The maximum absolute atomic E-state index is 10.9. The maximum atomic E-state index is 10.9. The fraction of sp³-hybridized carbons (Fsp3) is 0.778. The number of nitriles is 1. The van der Waals surface area contributed by atoms with Crippen LogP contribution in [0.2, 0.25) is 0 Å². The molecular weight excluding hydrogens is 186 g/mol. The summed E-state index contributed by atoms with van der Waals surface area (Å²) >= 11 is 0. The Balaban J connectivity index is 1.89. The van der Waals surface area contributed by atoms with Gasteiger partial charge in [-0.15, -0.1) is 0 Å². The molecule has 0 spiro atoms. The molecule has 3 heterocycles. The average Bonchev–Trinajstić information content (AvgIpc) is 2.76. The van der Waals surface area contributed by atoms with Gasteiger partial charge in [-0.25, -0.2) is 0 Å². The first kappa shape index (κ1) is 8.21. The van der Waals surface area contributed by atoms with Crippen molar-refractivity contribution in [3.63, 3.8) is 0 Å². The van der Waals surface area contributed by atoms with Crippen molar-refractivity contribution in [2.75, 3.05) is 0 Å². The van der Waals surface area contributed by atoms with E-state index in [1.54, 1.807) is 0 Å². The quantitative estimate of drug-likeness (QED) is 0.426. The van der Waals surface area contributed by atoms with Gasteiger partial charge in [-0.05, 0) is 0 Å². The molecule has 5 unspecified atom stereocenters. The highest BCUT2D eigenvalue weighted by Crippen LogP contribution is 2.53. The molecule has 3 rings (SSSR count). The summed E-state index contributed by atoms with van der Waals surface area (Å²) in [6, 6.07) is 2.05. The summed E-state index contributed by atoms with van der Waals surface area (Å²) < 4.78 is 15.9. The number of hydrogen-bond acceptors (Lipinski definition) is 5. The van der Waals surface area contributed by atoms with E-state index in [2.05, 4.69) is 0 Å². The fourth-order valence-corrected chi connectivity index (χ4v) is 2.46. The van der Waals surface area contributed by atoms with Crippen molar-refractivity contribution in [3.05, 3.63) is 0 Å². The Morgan fingerprint density at radius 3 is 2.86 bits per heavy atom. The molecular formula is C9H9NO4. The SMILES string of the molecule is CC(=O)OC1(C#N)CC2OC1C1OC21. The molecule has 0 aromatic rings. The number of carbonyl (C=O) groups excluding carboxylic acids is 1. The van der Waals surface area contributed by atoms with Crippen LogP contribution in [0.1, 0.15) is 13.3 Å². The predicted octanol–water partition coefficient (Wildman–Crippen LogP) is -0.250. The molecule has 0 aromatic heterocycles. The number of rotatable bonds is 1. The highest BCUT2D eigenvalue weighted by atomic mass is 16.7. The normalized spacial score (nSPS) is 52.3. The van der Waals surface area contributed by atoms with E-state index in [1.165, 1.54) is 6.92 Å². The van der Waals surface area contributed by atoms with Crippen molar-refractivity contribution < 1.29 is 19.0 Å². The van der Waals surface area contributed by atoms with Crippen LogP contribution >= 0.6 is 0 Å². The zero-order valence-corrected chi connectivity index (χ0v) is 7.60. The molecule has 0 aromatic carbocycles. The van der Waals surface area contributed by atoms with Gasteiger partial charge in [-0.2, -0.15) is 5.26 Å². The predicted molar refractivity (Wildman–Crippen MR) is 42.0 cm³/mol. The molecule has 0 aliphatic carbocycles. The molecule has 2 bridgehead atoms. The van der Waals surface area contributed by atoms with Crippen molar-refractivity contribution in [3.8, 4) is 6.07 Å². The number of hydrogen-bond donors (Lipinski definition) is 0. The molecule has 0 N–H and O–H groups in total. The van der Waals surface area contributed by atoms with Crippen molar-refractivity contribution in [2.45, 2.75) is 43.4 Å². The zero-order chi connectivity index (χ0) is 9.92. The van der Waals surface area contributed by atoms with E-state index in [4.69, 9.17) is 19.5 Å². The number of carbonyl (C=O) groups is 1. The molecule has 3 saturated heterocycles. The molecule has 3 aliphatic heterocycles. The van der Waals surface area contributed by atoms with Crippen LogP contribution in [-0.4, -0.2) is 36.0 Å². The van der Waals surface area contributed by atoms with E-state index in [1.807, 2.05) is 6.07 Å². The second-order valence-electron chi connectivity index (χ2n) is 3.96. The molecule has 14 heavy (non-hydrogen) atoms. The van der Waals surface area contributed by atoms with Crippen molar-refractivity contribution >= 4 is 5.97 Å². The lowest BCUT2D eigenvalue weighted by Crippen LogP contribution is -2.45. The van der Waals surface area contributed by atoms with Gasteiger partial charge in [0.1, 0.15) is 24.4 Å². The fourth-order valence-electron chi connectivity index (χ4n) is 2.46. The van der Waals surface area contributed by atoms with Crippen LogP contribution in [0.5, 0.6) is 0 Å². The van der Waals surface area contributed by atoms with Gasteiger partial charge in [0.15, 0.2) is 0 Å². The van der Waals surface area contributed by atoms with Crippen LogP contribution in [0.25, 0.3) is 0 Å². The minimum Gasteiger partial charge on any atom is -0.441 e. The van der Waals surface area contributed by atoms with Crippen molar-refractivity contribution in [1.29, 1.82) is 5.26 Å². The number of ether oxygens (including phenoxy) is 3. The first-order valence-electron chi connectivity index (χ1n) is 4.58. The smallest absolute Gasteiger partial charge is 0.304 e. The molecule has 5 nitrogen and oxygen atoms in total. The van der Waals surface area contributed by atoms with Crippen LogP contribution < -0.4 is 0 Å². The molecule has 74 valence electrons. The monoisotopic (exact) mass is 195 g/mol. The number of nitrogens with zero attached hydrogens (tertiary/aromatic N) is 1. The molecule has 3 fully saturated rings. The summed E-state index contributed by atoms with van der Waals surface area (Å²) in [5.41, 5.74) is -1.10. The number of fused-ring (bicyclic) bond motifs is 5. The van der Waals surface area contributed by atoms with E-state index in [-0.39, 0.29) is 24.4 Å². The van der Waals surface area contributed by atoms with E-state index in [0.29, 0.717) is 6.42 Å². The Bertz CT molecular complexity index is 349. The van der Waals surface area contributed by atoms with Crippen LogP contribution in [-0.2, 0) is 19.0 Å². The van der Waals surface area contributed by atoms with Crippen molar-refractivity contribution in [1.82, 2.24) is 0 Å². The van der Waals surface area contributed by atoms with Gasteiger partial charge in [0.2, 0.25) is 5.60 Å². The summed E-state index contributed by atoms with van der Waals surface area (Å²) in [7, 11) is 0. The number of esters is 1. The van der Waals surface area contributed by atoms with E-state index >= 15 is 0 Å². The molecule has 5 atom stereocenters. The largest absolute Gasteiger partial charge is 0.441 e. The highest BCUT2D eigenvalue weighted by molar-refractivity contribution is 5.67. The van der Waals surface area contributed by atoms with E-state index < -0.39 is 11.6 Å². The summed E-state index contributed by atoms with van der Waals surface area (Å²) in [5.74, 6) is -0.445. The molecule has 0 saturated carbocycles. The van der Waals surface area contributed by atoms with Crippen molar-refractivity contribution in [2.24, 2.45) is 0 Å². The average molecular weight is 195 g/mol. The van der Waals surface area contributed by atoms with E-state index in [0.717, 1.165) is 0 Å². The van der Waals surface area contributed by atoms with Gasteiger partial charge < -0.3 is 14.2 Å². The lowest BCUT2D eigenvalue weighted by molar-refractivity contribution is -0.156. The molecule has 3 aliphatic rings. The summed E-state index contributed by atoms with van der Waals surface area (Å²) in [4.78, 5) is 10.9. The van der Waals surface area contributed by atoms with Crippen LogP contribution in [0, 0.1) is 11.3 Å². The topological polar surface area (TPSA) is 71.9 Å². The van der Waals surface area contributed by atoms with Crippen LogP contribution in [0.4, 0.5) is 0 Å².